The molecule has 1 aromatic rings. The minimum Gasteiger partial charge on any atom is -0.470 e. The molecule has 1 aliphatic heterocycles. The predicted molar refractivity (Wildman–Crippen MR) is 111 cm³/mol. The van der Waals surface area contributed by atoms with Crippen LogP contribution in [-0.4, -0.2) is 50.5 Å². The fourth-order valence-corrected chi connectivity index (χ4v) is 2.38. The zero-order valence-electron chi connectivity index (χ0n) is 17.1. The Kier molecular flexibility index (Phi) is 9.20. The predicted octanol–water partition coefficient (Wildman–Crippen LogP) is 3.26. The highest BCUT2D eigenvalue weighted by Gasteiger charge is 2.21. The molecule has 1 heterocycles. The molecule has 0 N–H and O–H groups in total. The van der Waals surface area contributed by atoms with Gasteiger partial charge in [-0.2, -0.15) is 0 Å². The summed E-state index contributed by atoms with van der Waals surface area (Å²) in [7, 11) is 2.94. The third-order valence-electron chi connectivity index (χ3n) is 3.71. The van der Waals surface area contributed by atoms with Crippen LogP contribution in [0.15, 0.2) is 57.0 Å². The summed E-state index contributed by atoms with van der Waals surface area (Å²) in [5.74, 6) is 0.254. The van der Waals surface area contributed by atoms with E-state index in [1.54, 1.807) is 6.92 Å². The zero-order chi connectivity index (χ0) is 20.9. The summed E-state index contributed by atoms with van der Waals surface area (Å²) >= 11 is 0. The molecular weight excluding hydrogens is 376 g/mol. The Morgan fingerprint density at radius 3 is 2.62 bits per heavy atom. The standard InChI is InChI=1S/C20H26N4O5/c1-5-6-11-18(22-25-3)15(2)21-29-14-16-9-7-8-10-17(16)19(23-26-4)20-24-28-13-12-27-20/h6-11H,5,12-14H2,1-4H3/b11-6-,21-15+,22-18+,23-19+. The van der Waals surface area contributed by atoms with Crippen molar-refractivity contribution in [2.75, 3.05) is 27.4 Å². The molecule has 1 aliphatic rings. The molecule has 156 valence electrons. The number of oxime groups is 4. The molecule has 0 saturated carbocycles. The minimum absolute atomic E-state index is 0.197. The molecule has 1 aromatic carbocycles. The SMILES string of the molecule is CC\C=C/C(=N\OC)C(/C)=N/OCc1ccccc1/C(=N\OC)C1=NOCCO1. The Bertz CT molecular complexity index is 815. The first-order chi connectivity index (χ1) is 14.2. The second-order valence-corrected chi connectivity index (χ2v) is 5.78. The molecule has 0 fully saturated rings. The van der Waals surface area contributed by atoms with Crippen LogP contribution in [0.4, 0.5) is 0 Å². The molecule has 0 unspecified atom stereocenters. The lowest BCUT2D eigenvalue weighted by Crippen LogP contribution is -2.26. The summed E-state index contributed by atoms with van der Waals surface area (Å²) in [6, 6.07) is 7.54. The van der Waals surface area contributed by atoms with Gasteiger partial charge in [-0.1, -0.05) is 52.7 Å². The van der Waals surface area contributed by atoms with Crippen molar-refractivity contribution in [3.8, 4) is 0 Å². The van der Waals surface area contributed by atoms with E-state index < -0.39 is 0 Å². The van der Waals surface area contributed by atoms with E-state index in [0.29, 0.717) is 30.3 Å². The van der Waals surface area contributed by atoms with E-state index in [1.807, 2.05) is 43.3 Å². The third kappa shape index (κ3) is 6.63. The van der Waals surface area contributed by atoms with Crippen molar-refractivity contribution >= 4 is 23.0 Å². The smallest absolute Gasteiger partial charge is 0.280 e. The van der Waals surface area contributed by atoms with Crippen LogP contribution in [0.25, 0.3) is 0 Å². The van der Waals surface area contributed by atoms with E-state index in [4.69, 9.17) is 24.1 Å². The maximum atomic E-state index is 5.56. The fraction of sp³-hybridized carbons (Fsp3) is 0.400. The van der Waals surface area contributed by atoms with Crippen molar-refractivity contribution in [2.45, 2.75) is 26.9 Å². The van der Waals surface area contributed by atoms with Crippen molar-refractivity contribution in [1.29, 1.82) is 0 Å². The van der Waals surface area contributed by atoms with E-state index in [9.17, 15) is 0 Å². The molecule has 0 aromatic heterocycles. The molecule has 0 atom stereocenters. The summed E-state index contributed by atoms with van der Waals surface area (Å²) in [5, 5.41) is 16.1. The van der Waals surface area contributed by atoms with Crippen molar-refractivity contribution in [1.82, 2.24) is 0 Å². The highest BCUT2D eigenvalue weighted by atomic mass is 16.7. The topological polar surface area (TPSA) is 95.6 Å². The largest absolute Gasteiger partial charge is 0.470 e. The lowest BCUT2D eigenvalue weighted by Gasteiger charge is -2.16. The van der Waals surface area contributed by atoms with Crippen LogP contribution in [0, 0.1) is 0 Å². The van der Waals surface area contributed by atoms with Gasteiger partial charge in [-0.15, -0.1) is 0 Å². The lowest BCUT2D eigenvalue weighted by atomic mass is 10.0. The van der Waals surface area contributed by atoms with Gasteiger partial charge in [0.05, 0.1) is 0 Å². The van der Waals surface area contributed by atoms with E-state index in [2.05, 4.69) is 20.6 Å². The Morgan fingerprint density at radius 1 is 1.14 bits per heavy atom. The quantitative estimate of drug-likeness (QED) is 0.442. The molecule has 0 aliphatic carbocycles. The average Bonchev–Trinajstić information content (AvgIpc) is 2.76. The van der Waals surface area contributed by atoms with Gasteiger partial charge >= 0.3 is 0 Å². The molecule has 0 bridgehead atoms. The van der Waals surface area contributed by atoms with Crippen LogP contribution in [0.1, 0.15) is 31.4 Å². The minimum atomic E-state index is 0.197. The molecular formula is C20H26N4O5. The van der Waals surface area contributed by atoms with Gasteiger partial charge in [0.25, 0.3) is 5.90 Å². The van der Waals surface area contributed by atoms with Gasteiger partial charge in [0, 0.05) is 11.1 Å². The van der Waals surface area contributed by atoms with Crippen LogP contribution < -0.4 is 0 Å². The molecule has 0 amide bonds. The van der Waals surface area contributed by atoms with Crippen LogP contribution in [0.2, 0.25) is 0 Å². The average molecular weight is 402 g/mol. The maximum Gasteiger partial charge on any atom is 0.280 e. The summed E-state index contributed by atoms with van der Waals surface area (Å²) in [5.41, 5.74) is 3.16. The van der Waals surface area contributed by atoms with E-state index in [0.717, 1.165) is 17.5 Å². The third-order valence-corrected chi connectivity index (χ3v) is 3.71. The van der Waals surface area contributed by atoms with Crippen LogP contribution in [-0.2, 0) is 30.7 Å². The molecule has 9 heteroatoms. The summed E-state index contributed by atoms with van der Waals surface area (Å²) in [4.78, 5) is 20.5. The van der Waals surface area contributed by atoms with Gasteiger partial charge in [0.15, 0.2) is 12.3 Å². The van der Waals surface area contributed by atoms with Gasteiger partial charge in [-0.3, -0.25) is 0 Å². The van der Waals surface area contributed by atoms with Gasteiger partial charge in [0.2, 0.25) is 0 Å². The van der Waals surface area contributed by atoms with E-state index >= 15 is 0 Å². The van der Waals surface area contributed by atoms with Crippen LogP contribution >= 0.6 is 0 Å². The first kappa shape index (κ1) is 21.9. The summed E-state index contributed by atoms with van der Waals surface area (Å²) in [6.45, 7) is 4.80. The Balaban J connectivity index is 2.20. The van der Waals surface area contributed by atoms with Gasteiger partial charge in [-0.25, -0.2) is 0 Å². The summed E-state index contributed by atoms with van der Waals surface area (Å²) in [6.07, 6.45) is 4.68. The van der Waals surface area contributed by atoms with Crippen molar-refractivity contribution in [3.63, 3.8) is 0 Å². The molecule has 0 radical (unpaired) electrons. The zero-order valence-corrected chi connectivity index (χ0v) is 17.1. The first-order valence-electron chi connectivity index (χ1n) is 9.18. The monoisotopic (exact) mass is 402 g/mol. The highest BCUT2D eigenvalue weighted by Crippen LogP contribution is 2.15. The molecule has 9 nitrogen and oxygen atoms in total. The summed E-state index contributed by atoms with van der Waals surface area (Å²) < 4.78 is 5.55. The number of hydrogen-bond acceptors (Lipinski definition) is 9. The first-order valence-corrected chi connectivity index (χ1v) is 9.18. The Hall–Kier alpha value is -3.36. The molecule has 0 saturated heterocycles. The number of ether oxygens (including phenoxy) is 1. The van der Waals surface area contributed by atoms with E-state index in [1.165, 1.54) is 14.2 Å². The molecule has 0 spiro atoms. The van der Waals surface area contributed by atoms with Gasteiger partial charge in [0.1, 0.15) is 38.9 Å². The molecule has 2 rings (SSSR count). The second kappa shape index (κ2) is 12.2. The maximum absolute atomic E-state index is 5.56. The number of hydrogen-bond donors (Lipinski definition) is 0. The van der Waals surface area contributed by atoms with Crippen molar-refractivity contribution < 1.29 is 24.1 Å². The second-order valence-electron chi connectivity index (χ2n) is 5.78. The normalized spacial score (nSPS) is 15.4. The van der Waals surface area contributed by atoms with E-state index in [-0.39, 0.29) is 12.5 Å². The van der Waals surface area contributed by atoms with Crippen molar-refractivity contribution in [2.24, 2.45) is 20.6 Å². The highest BCUT2D eigenvalue weighted by molar-refractivity contribution is 6.46. The van der Waals surface area contributed by atoms with Crippen LogP contribution in [0.3, 0.4) is 0 Å². The van der Waals surface area contributed by atoms with Crippen molar-refractivity contribution in [3.05, 3.63) is 47.5 Å². The van der Waals surface area contributed by atoms with Crippen LogP contribution in [0.5, 0.6) is 0 Å². The fourth-order valence-electron chi connectivity index (χ4n) is 2.38. The van der Waals surface area contributed by atoms with Gasteiger partial charge < -0.3 is 24.1 Å². The number of rotatable bonds is 10. The Morgan fingerprint density at radius 2 is 1.93 bits per heavy atom. The Labute approximate surface area is 170 Å². The lowest BCUT2D eigenvalue weighted by molar-refractivity contribution is 0.0672. The number of allylic oxidation sites excluding steroid dienone is 2. The van der Waals surface area contributed by atoms with Gasteiger partial charge in [-0.05, 0) is 24.6 Å². The molecule has 29 heavy (non-hydrogen) atoms. The number of nitrogens with zero attached hydrogens (tertiary/aromatic N) is 4. The number of benzene rings is 1.